The van der Waals surface area contributed by atoms with Gasteiger partial charge in [-0.3, -0.25) is 0 Å². The number of nitrogen functional groups attached to an aromatic ring is 1. The van der Waals surface area contributed by atoms with Gasteiger partial charge < -0.3 is 10.7 Å². The van der Waals surface area contributed by atoms with Crippen LogP contribution in [0.2, 0.25) is 0 Å². The molecule has 3 rings (SSSR count). The van der Waals surface area contributed by atoms with Crippen molar-refractivity contribution in [3.63, 3.8) is 0 Å². The third-order valence-corrected chi connectivity index (χ3v) is 3.99. The van der Waals surface area contributed by atoms with Gasteiger partial charge in [-0.15, -0.1) is 11.8 Å². The maximum Gasteiger partial charge on any atom is 0.139 e. The number of nitrogens with two attached hydrogens (primary N) is 1. The fourth-order valence-corrected chi connectivity index (χ4v) is 2.52. The summed E-state index contributed by atoms with van der Waals surface area (Å²) < 4.78 is 13.3. The van der Waals surface area contributed by atoms with Crippen LogP contribution in [0.15, 0.2) is 53.6 Å². The van der Waals surface area contributed by atoms with Gasteiger partial charge in [0.2, 0.25) is 0 Å². The number of nitrogens with one attached hydrogen (secondary N) is 1. The Morgan fingerprint density at radius 1 is 1.14 bits per heavy atom. The number of hydrogen-bond acceptors (Lipinski definition) is 3. The minimum absolute atomic E-state index is 0.332. The van der Waals surface area contributed by atoms with Crippen molar-refractivity contribution >= 4 is 17.4 Å². The smallest absolute Gasteiger partial charge is 0.139 e. The molecule has 0 fully saturated rings. The summed E-state index contributed by atoms with van der Waals surface area (Å²) in [6.45, 7) is 0. The Morgan fingerprint density at radius 3 is 2.62 bits per heavy atom. The number of H-pyrrole nitrogens is 1. The number of hydrogen-bond donors (Lipinski definition) is 2. The summed E-state index contributed by atoms with van der Waals surface area (Å²) in [5, 5.41) is 0. The first-order valence-corrected chi connectivity index (χ1v) is 7.64. The van der Waals surface area contributed by atoms with E-state index < -0.39 is 0 Å². The lowest BCUT2D eigenvalue weighted by Gasteiger charge is -2.03. The molecule has 0 saturated carbocycles. The van der Waals surface area contributed by atoms with Crippen molar-refractivity contribution in [2.24, 2.45) is 0 Å². The van der Waals surface area contributed by atoms with Crippen LogP contribution in [-0.4, -0.2) is 16.2 Å². The van der Waals surface area contributed by atoms with E-state index in [-0.39, 0.29) is 5.82 Å². The number of aromatic amines is 1. The van der Waals surface area contributed by atoms with Crippen LogP contribution in [0.25, 0.3) is 22.6 Å². The van der Waals surface area contributed by atoms with Gasteiger partial charge in [-0.2, -0.15) is 0 Å². The Morgan fingerprint density at radius 2 is 1.90 bits per heavy atom. The Bertz CT molecular complexity index is 765. The van der Waals surface area contributed by atoms with Crippen LogP contribution in [-0.2, 0) is 0 Å². The predicted molar refractivity (Wildman–Crippen MR) is 85.6 cm³/mol. The Kier molecular flexibility index (Phi) is 3.66. The molecule has 0 spiro atoms. The second-order valence-electron chi connectivity index (χ2n) is 4.61. The summed E-state index contributed by atoms with van der Waals surface area (Å²) in [5.41, 5.74) is 8.85. The summed E-state index contributed by atoms with van der Waals surface area (Å²) in [4.78, 5) is 8.69. The lowest BCUT2D eigenvalue weighted by Crippen LogP contribution is -1.92. The van der Waals surface area contributed by atoms with E-state index in [1.54, 1.807) is 24.0 Å². The Balaban J connectivity index is 1.97. The van der Waals surface area contributed by atoms with Crippen molar-refractivity contribution in [3.05, 3.63) is 54.5 Å². The Labute approximate surface area is 126 Å². The van der Waals surface area contributed by atoms with Crippen LogP contribution in [0.5, 0.6) is 0 Å². The highest BCUT2D eigenvalue weighted by Crippen LogP contribution is 2.27. The maximum absolute atomic E-state index is 13.3. The summed E-state index contributed by atoms with van der Waals surface area (Å²) >= 11 is 1.69. The molecule has 0 aliphatic heterocycles. The third kappa shape index (κ3) is 2.78. The third-order valence-electron chi connectivity index (χ3n) is 3.25. The van der Waals surface area contributed by atoms with Gasteiger partial charge in [0.15, 0.2) is 0 Å². The van der Waals surface area contributed by atoms with Crippen LogP contribution in [0.4, 0.5) is 10.1 Å². The second-order valence-corrected chi connectivity index (χ2v) is 5.49. The monoisotopic (exact) mass is 299 g/mol. The molecular formula is C16H14FN3S. The van der Waals surface area contributed by atoms with E-state index in [1.165, 1.54) is 17.0 Å². The molecule has 5 heteroatoms. The molecule has 0 radical (unpaired) electrons. The minimum Gasteiger partial charge on any atom is -0.398 e. The number of nitrogens with zero attached hydrogens (tertiary/aromatic N) is 1. The van der Waals surface area contributed by atoms with Crippen LogP contribution in [0, 0.1) is 5.82 Å². The summed E-state index contributed by atoms with van der Waals surface area (Å²) in [7, 11) is 0. The number of rotatable bonds is 3. The highest BCUT2D eigenvalue weighted by molar-refractivity contribution is 7.98. The molecule has 1 heterocycles. The molecule has 0 saturated heterocycles. The molecule has 0 unspecified atom stereocenters. The van der Waals surface area contributed by atoms with Crippen molar-refractivity contribution < 1.29 is 4.39 Å². The molecule has 2 aromatic carbocycles. The van der Waals surface area contributed by atoms with E-state index in [0.29, 0.717) is 17.1 Å². The predicted octanol–water partition coefficient (Wildman–Crippen LogP) is 4.19. The number of halogens is 1. The van der Waals surface area contributed by atoms with Crippen molar-refractivity contribution in [3.8, 4) is 22.6 Å². The molecule has 0 aliphatic carbocycles. The van der Waals surface area contributed by atoms with Crippen molar-refractivity contribution in [2.75, 3.05) is 12.0 Å². The molecule has 1 aromatic heterocycles. The average Bonchev–Trinajstić information content (AvgIpc) is 2.99. The molecule has 0 amide bonds. The number of imidazole rings is 1. The molecule has 0 aliphatic rings. The first-order chi connectivity index (χ1) is 10.2. The maximum atomic E-state index is 13.3. The fraction of sp³-hybridized carbons (Fsp3) is 0.0625. The summed E-state index contributed by atoms with van der Waals surface area (Å²) in [6.07, 6.45) is 3.77. The zero-order valence-electron chi connectivity index (χ0n) is 11.4. The van der Waals surface area contributed by atoms with Gasteiger partial charge in [0.05, 0.1) is 11.9 Å². The standard InChI is InChI=1S/C16H14FN3S/c1-21-12-5-2-10(3-6-12)15-9-19-16(20-15)13-8-11(17)4-7-14(13)18/h2-9H,18H2,1H3,(H,19,20). The van der Waals surface area contributed by atoms with E-state index >= 15 is 0 Å². The highest BCUT2D eigenvalue weighted by atomic mass is 32.2. The van der Waals surface area contributed by atoms with Gasteiger partial charge in [-0.25, -0.2) is 9.37 Å². The topological polar surface area (TPSA) is 54.7 Å². The lowest BCUT2D eigenvalue weighted by atomic mass is 10.1. The first kappa shape index (κ1) is 13.7. The van der Waals surface area contributed by atoms with Crippen LogP contribution in [0.3, 0.4) is 0 Å². The minimum atomic E-state index is -0.332. The van der Waals surface area contributed by atoms with Gasteiger partial charge in [0.1, 0.15) is 11.6 Å². The van der Waals surface area contributed by atoms with Crippen LogP contribution >= 0.6 is 11.8 Å². The molecule has 0 atom stereocenters. The zero-order chi connectivity index (χ0) is 14.8. The van der Waals surface area contributed by atoms with E-state index in [1.807, 2.05) is 18.4 Å². The van der Waals surface area contributed by atoms with Gasteiger partial charge >= 0.3 is 0 Å². The van der Waals surface area contributed by atoms with E-state index in [0.717, 1.165) is 11.3 Å². The highest BCUT2D eigenvalue weighted by Gasteiger charge is 2.09. The van der Waals surface area contributed by atoms with Gasteiger partial charge in [-0.05, 0) is 42.2 Å². The van der Waals surface area contributed by atoms with Gasteiger partial charge in [0.25, 0.3) is 0 Å². The fourth-order valence-electron chi connectivity index (χ4n) is 2.11. The number of anilines is 1. The Hall–Kier alpha value is -2.27. The largest absolute Gasteiger partial charge is 0.398 e. The normalized spacial score (nSPS) is 10.8. The van der Waals surface area contributed by atoms with E-state index in [4.69, 9.17) is 5.73 Å². The van der Waals surface area contributed by atoms with Crippen molar-refractivity contribution in [1.29, 1.82) is 0 Å². The molecule has 3 aromatic rings. The van der Waals surface area contributed by atoms with E-state index in [2.05, 4.69) is 22.1 Å². The SMILES string of the molecule is CSc1ccc(-c2cnc(-c3cc(F)ccc3N)[nH]2)cc1. The molecular weight excluding hydrogens is 285 g/mol. The summed E-state index contributed by atoms with van der Waals surface area (Å²) in [6, 6.07) is 12.4. The van der Waals surface area contributed by atoms with Crippen LogP contribution in [0.1, 0.15) is 0 Å². The van der Waals surface area contributed by atoms with Gasteiger partial charge in [0, 0.05) is 16.1 Å². The quantitative estimate of drug-likeness (QED) is 0.563. The molecule has 106 valence electrons. The molecule has 3 N–H and O–H groups in total. The zero-order valence-corrected chi connectivity index (χ0v) is 12.2. The van der Waals surface area contributed by atoms with E-state index in [9.17, 15) is 4.39 Å². The van der Waals surface area contributed by atoms with Crippen molar-refractivity contribution in [2.45, 2.75) is 4.90 Å². The lowest BCUT2D eigenvalue weighted by molar-refractivity contribution is 0.628. The number of benzene rings is 2. The van der Waals surface area contributed by atoms with Gasteiger partial charge in [-0.1, -0.05) is 12.1 Å². The average molecular weight is 299 g/mol. The second kappa shape index (κ2) is 5.61. The first-order valence-electron chi connectivity index (χ1n) is 6.42. The molecule has 21 heavy (non-hydrogen) atoms. The number of thioether (sulfide) groups is 1. The number of aromatic nitrogens is 2. The van der Waals surface area contributed by atoms with Crippen molar-refractivity contribution in [1.82, 2.24) is 9.97 Å². The van der Waals surface area contributed by atoms with Crippen LogP contribution < -0.4 is 5.73 Å². The summed E-state index contributed by atoms with van der Waals surface area (Å²) in [5.74, 6) is 0.234. The molecule has 3 nitrogen and oxygen atoms in total. The molecule has 0 bridgehead atoms.